The summed E-state index contributed by atoms with van der Waals surface area (Å²) >= 11 is 0. The molecule has 0 aromatic heterocycles. The van der Waals surface area contributed by atoms with E-state index in [2.05, 4.69) is 13.8 Å². The van der Waals surface area contributed by atoms with Gasteiger partial charge >= 0.3 is 0 Å². The summed E-state index contributed by atoms with van der Waals surface area (Å²) in [7, 11) is 0. The molecular formula is C13H27NO. The number of hydrogen-bond donors (Lipinski definition) is 2. The molecule has 0 heterocycles. The first-order valence-corrected chi connectivity index (χ1v) is 6.46. The molecule has 1 atom stereocenters. The molecule has 0 saturated heterocycles. The lowest BCUT2D eigenvalue weighted by Gasteiger charge is -2.46. The molecule has 0 radical (unpaired) electrons. The van der Waals surface area contributed by atoms with Crippen LogP contribution in [-0.4, -0.2) is 16.2 Å². The molecule has 0 spiro atoms. The van der Waals surface area contributed by atoms with Gasteiger partial charge in [-0.3, -0.25) is 0 Å². The second-order valence-electron chi connectivity index (χ2n) is 5.55. The van der Waals surface area contributed by atoms with Gasteiger partial charge < -0.3 is 10.8 Å². The zero-order valence-electron chi connectivity index (χ0n) is 10.6. The molecule has 1 saturated carbocycles. The predicted octanol–water partition coefficient (Wildman–Crippen LogP) is 2.84. The molecule has 1 aliphatic rings. The Kier molecular flexibility index (Phi) is 4.19. The van der Waals surface area contributed by atoms with Crippen molar-refractivity contribution in [1.29, 1.82) is 0 Å². The van der Waals surface area contributed by atoms with Crippen LogP contribution in [0.25, 0.3) is 0 Å². The Morgan fingerprint density at radius 3 is 2.27 bits per heavy atom. The highest BCUT2D eigenvalue weighted by Gasteiger charge is 2.45. The Balaban J connectivity index is 2.60. The van der Waals surface area contributed by atoms with Crippen LogP contribution >= 0.6 is 0 Å². The summed E-state index contributed by atoms with van der Waals surface area (Å²) in [5.41, 5.74) is 5.25. The van der Waals surface area contributed by atoms with Gasteiger partial charge in [-0.05, 0) is 44.9 Å². The van der Waals surface area contributed by atoms with Crippen LogP contribution in [0.4, 0.5) is 0 Å². The summed E-state index contributed by atoms with van der Waals surface area (Å²) in [6.45, 7) is 6.39. The first kappa shape index (κ1) is 13.0. The van der Waals surface area contributed by atoms with Crippen molar-refractivity contribution in [3.8, 4) is 0 Å². The van der Waals surface area contributed by atoms with Gasteiger partial charge in [0.1, 0.15) is 0 Å². The lowest BCUT2D eigenvalue weighted by Crippen LogP contribution is -2.59. The smallest absolute Gasteiger partial charge is 0.0823 e. The highest BCUT2D eigenvalue weighted by atomic mass is 16.3. The van der Waals surface area contributed by atoms with Crippen molar-refractivity contribution in [1.82, 2.24) is 0 Å². The molecule has 0 aromatic carbocycles. The van der Waals surface area contributed by atoms with E-state index in [1.54, 1.807) is 0 Å². The van der Waals surface area contributed by atoms with Gasteiger partial charge in [0, 0.05) is 5.54 Å². The van der Waals surface area contributed by atoms with Crippen molar-refractivity contribution >= 4 is 0 Å². The molecule has 2 heteroatoms. The van der Waals surface area contributed by atoms with Crippen LogP contribution in [0, 0.1) is 5.92 Å². The van der Waals surface area contributed by atoms with Crippen LogP contribution in [0.2, 0.25) is 0 Å². The van der Waals surface area contributed by atoms with Gasteiger partial charge in [0.25, 0.3) is 0 Å². The predicted molar refractivity (Wildman–Crippen MR) is 64.7 cm³/mol. The van der Waals surface area contributed by atoms with E-state index in [9.17, 15) is 5.11 Å². The molecule has 0 bridgehead atoms. The maximum Gasteiger partial charge on any atom is 0.0823 e. The number of nitrogens with two attached hydrogens (primary N) is 1. The van der Waals surface area contributed by atoms with E-state index in [1.165, 1.54) is 6.42 Å². The molecule has 0 aliphatic heterocycles. The molecule has 90 valence electrons. The Morgan fingerprint density at radius 1 is 1.33 bits per heavy atom. The summed E-state index contributed by atoms with van der Waals surface area (Å²) in [5, 5.41) is 10.6. The maximum atomic E-state index is 10.6. The van der Waals surface area contributed by atoms with Gasteiger partial charge in [0.05, 0.1) is 5.60 Å². The molecule has 0 amide bonds. The van der Waals surface area contributed by atoms with E-state index in [0.717, 1.165) is 44.4 Å². The van der Waals surface area contributed by atoms with Gasteiger partial charge in [0.15, 0.2) is 0 Å². The minimum atomic E-state index is -0.616. The average molecular weight is 213 g/mol. The minimum Gasteiger partial charge on any atom is -0.388 e. The standard InChI is InChI=1S/C13H27NO/c1-4-8-12(3,14)13(15)9-6-11(5-2)7-10-13/h11,15H,4-10,14H2,1-3H3. The Bertz CT molecular complexity index is 193. The van der Waals surface area contributed by atoms with E-state index >= 15 is 0 Å². The zero-order valence-corrected chi connectivity index (χ0v) is 10.6. The van der Waals surface area contributed by atoms with E-state index < -0.39 is 11.1 Å². The summed E-state index contributed by atoms with van der Waals surface area (Å²) in [5.74, 6) is 0.808. The van der Waals surface area contributed by atoms with Crippen LogP contribution in [0.1, 0.15) is 65.7 Å². The van der Waals surface area contributed by atoms with Crippen molar-refractivity contribution in [2.24, 2.45) is 11.7 Å². The van der Waals surface area contributed by atoms with Gasteiger partial charge in [-0.25, -0.2) is 0 Å². The van der Waals surface area contributed by atoms with Crippen LogP contribution in [0.3, 0.4) is 0 Å². The van der Waals surface area contributed by atoms with Crippen molar-refractivity contribution in [2.45, 2.75) is 76.9 Å². The van der Waals surface area contributed by atoms with Crippen LogP contribution in [0.15, 0.2) is 0 Å². The van der Waals surface area contributed by atoms with E-state index in [-0.39, 0.29) is 0 Å². The third-order valence-corrected chi connectivity index (χ3v) is 4.34. The van der Waals surface area contributed by atoms with Crippen molar-refractivity contribution in [3.63, 3.8) is 0 Å². The van der Waals surface area contributed by atoms with Crippen molar-refractivity contribution in [3.05, 3.63) is 0 Å². The Morgan fingerprint density at radius 2 is 1.87 bits per heavy atom. The first-order valence-electron chi connectivity index (χ1n) is 6.46. The summed E-state index contributed by atoms with van der Waals surface area (Å²) < 4.78 is 0. The third-order valence-electron chi connectivity index (χ3n) is 4.34. The van der Waals surface area contributed by atoms with E-state index in [1.807, 2.05) is 6.92 Å². The van der Waals surface area contributed by atoms with Crippen LogP contribution in [0.5, 0.6) is 0 Å². The van der Waals surface area contributed by atoms with Gasteiger partial charge in [-0.15, -0.1) is 0 Å². The maximum absolute atomic E-state index is 10.6. The van der Waals surface area contributed by atoms with E-state index in [4.69, 9.17) is 5.73 Å². The van der Waals surface area contributed by atoms with Gasteiger partial charge in [0.2, 0.25) is 0 Å². The molecule has 1 rings (SSSR count). The minimum absolute atomic E-state index is 0.402. The number of rotatable bonds is 4. The Labute approximate surface area is 94.2 Å². The molecule has 2 nitrogen and oxygen atoms in total. The summed E-state index contributed by atoms with van der Waals surface area (Å²) in [6, 6.07) is 0. The topological polar surface area (TPSA) is 46.2 Å². The second kappa shape index (κ2) is 4.84. The molecule has 3 N–H and O–H groups in total. The fourth-order valence-corrected chi connectivity index (χ4v) is 2.89. The summed E-state index contributed by atoms with van der Waals surface area (Å²) in [4.78, 5) is 0. The number of aliphatic hydroxyl groups is 1. The monoisotopic (exact) mass is 213 g/mol. The highest BCUT2D eigenvalue weighted by molar-refractivity contribution is 5.02. The largest absolute Gasteiger partial charge is 0.388 e. The fourth-order valence-electron chi connectivity index (χ4n) is 2.89. The highest BCUT2D eigenvalue weighted by Crippen LogP contribution is 2.40. The lowest BCUT2D eigenvalue weighted by molar-refractivity contribution is -0.0707. The van der Waals surface area contributed by atoms with Gasteiger partial charge in [-0.2, -0.15) is 0 Å². The average Bonchev–Trinajstić information content (AvgIpc) is 2.19. The number of hydrogen-bond acceptors (Lipinski definition) is 2. The SMILES string of the molecule is CCCC(C)(N)C1(O)CCC(CC)CC1. The molecular weight excluding hydrogens is 186 g/mol. The molecule has 15 heavy (non-hydrogen) atoms. The second-order valence-corrected chi connectivity index (χ2v) is 5.55. The van der Waals surface area contributed by atoms with Crippen molar-refractivity contribution < 1.29 is 5.11 Å². The molecule has 1 fully saturated rings. The van der Waals surface area contributed by atoms with Crippen LogP contribution < -0.4 is 5.73 Å². The van der Waals surface area contributed by atoms with Crippen LogP contribution in [-0.2, 0) is 0 Å². The lowest BCUT2D eigenvalue weighted by atomic mass is 9.67. The first-order chi connectivity index (χ1) is 6.95. The van der Waals surface area contributed by atoms with Gasteiger partial charge in [-0.1, -0.05) is 26.7 Å². The van der Waals surface area contributed by atoms with E-state index in [0.29, 0.717) is 0 Å². The molecule has 1 aliphatic carbocycles. The zero-order chi connectivity index (χ0) is 11.5. The summed E-state index contributed by atoms with van der Waals surface area (Å²) in [6.07, 6.45) is 7.27. The third kappa shape index (κ3) is 2.73. The Hall–Kier alpha value is -0.0800. The molecule has 1 unspecified atom stereocenters. The molecule has 0 aromatic rings. The quantitative estimate of drug-likeness (QED) is 0.754. The van der Waals surface area contributed by atoms with Crippen molar-refractivity contribution in [2.75, 3.05) is 0 Å². The fraction of sp³-hybridized carbons (Fsp3) is 1.00. The normalized spacial score (nSPS) is 36.2.